The highest BCUT2D eigenvalue weighted by molar-refractivity contribution is 7.99. The van der Waals surface area contributed by atoms with Gasteiger partial charge in [-0.3, -0.25) is 9.59 Å². The molecule has 2 aromatic rings. The maximum absolute atomic E-state index is 12.4. The Morgan fingerprint density at radius 2 is 1.77 bits per heavy atom. The molecule has 1 aliphatic rings. The molecule has 0 unspecified atom stereocenters. The van der Waals surface area contributed by atoms with Crippen molar-refractivity contribution >= 4 is 23.6 Å². The van der Waals surface area contributed by atoms with Crippen molar-refractivity contribution in [2.75, 3.05) is 18.9 Å². The van der Waals surface area contributed by atoms with Gasteiger partial charge in [0.1, 0.15) is 0 Å². The van der Waals surface area contributed by atoms with Gasteiger partial charge >= 0.3 is 5.97 Å². The summed E-state index contributed by atoms with van der Waals surface area (Å²) >= 11 is 1.68. The van der Waals surface area contributed by atoms with Crippen LogP contribution in [-0.2, 0) is 19.7 Å². The molecule has 26 heavy (non-hydrogen) atoms. The lowest BCUT2D eigenvalue weighted by atomic mass is 9.96. The number of ether oxygens (including phenoxy) is 1. The second-order valence-electron chi connectivity index (χ2n) is 6.54. The molecule has 1 amide bonds. The van der Waals surface area contributed by atoms with E-state index in [1.807, 2.05) is 30.3 Å². The molecule has 2 aromatic carbocycles. The van der Waals surface area contributed by atoms with E-state index >= 15 is 0 Å². The zero-order valence-corrected chi connectivity index (χ0v) is 15.7. The maximum Gasteiger partial charge on any atom is 0.317 e. The van der Waals surface area contributed by atoms with Crippen LogP contribution in [0.15, 0.2) is 59.5 Å². The SMILES string of the molecule is Cc1ccc(SCCNC(=O)COC(=O)C2(c3ccccc3)CC2)cc1. The number of nitrogens with one attached hydrogen (secondary N) is 1. The zero-order valence-electron chi connectivity index (χ0n) is 14.9. The number of benzene rings is 2. The van der Waals surface area contributed by atoms with Crippen LogP contribution in [0.1, 0.15) is 24.0 Å². The molecular weight excluding hydrogens is 346 g/mol. The van der Waals surface area contributed by atoms with Crippen molar-refractivity contribution in [1.82, 2.24) is 5.32 Å². The smallest absolute Gasteiger partial charge is 0.317 e. The summed E-state index contributed by atoms with van der Waals surface area (Å²) in [4.78, 5) is 25.4. The first kappa shape index (κ1) is 18.5. The fourth-order valence-electron chi connectivity index (χ4n) is 2.81. The number of aryl methyl sites for hydroxylation is 1. The third-order valence-electron chi connectivity index (χ3n) is 4.52. The summed E-state index contributed by atoms with van der Waals surface area (Å²) in [6, 6.07) is 17.9. The van der Waals surface area contributed by atoms with Crippen molar-refractivity contribution < 1.29 is 14.3 Å². The third kappa shape index (κ3) is 4.67. The lowest BCUT2D eigenvalue weighted by Crippen LogP contribution is -2.33. The molecule has 1 aliphatic carbocycles. The van der Waals surface area contributed by atoms with Crippen LogP contribution < -0.4 is 5.32 Å². The highest BCUT2D eigenvalue weighted by atomic mass is 32.2. The molecule has 5 heteroatoms. The summed E-state index contributed by atoms with van der Waals surface area (Å²) in [5.41, 5.74) is 1.66. The number of hydrogen-bond donors (Lipinski definition) is 1. The molecule has 3 rings (SSSR count). The van der Waals surface area contributed by atoms with Gasteiger partial charge in [0.2, 0.25) is 0 Å². The van der Waals surface area contributed by atoms with Crippen LogP contribution in [0, 0.1) is 6.92 Å². The first-order chi connectivity index (χ1) is 12.6. The lowest BCUT2D eigenvalue weighted by Gasteiger charge is -2.14. The van der Waals surface area contributed by atoms with Crippen molar-refractivity contribution in [2.45, 2.75) is 30.1 Å². The van der Waals surface area contributed by atoms with Gasteiger partial charge in [-0.1, -0.05) is 48.0 Å². The number of amides is 1. The van der Waals surface area contributed by atoms with Gasteiger partial charge in [-0.05, 0) is 37.5 Å². The van der Waals surface area contributed by atoms with Crippen LogP contribution in [0.5, 0.6) is 0 Å². The minimum absolute atomic E-state index is 0.220. The van der Waals surface area contributed by atoms with E-state index in [1.165, 1.54) is 10.5 Å². The maximum atomic E-state index is 12.4. The fourth-order valence-corrected chi connectivity index (χ4v) is 3.58. The van der Waals surface area contributed by atoms with Crippen LogP contribution in [0.25, 0.3) is 0 Å². The molecule has 1 saturated carbocycles. The first-order valence-electron chi connectivity index (χ1n) is 8.79. The zero-order chi connectivity index (χ0) is 18.4. The van der Waals surface area contributed by atoms with E-state index in [-0.39, 0.29) is 18.5 Å². The van der Waals surface area contributed by atoms with E-state index in [0.29, 0.717) is 6.54 Å². The number of carbonyl (C=O) groups is 2. The highest BCUT2D eigenvalue weighted by Gasteiger charge is 2.52. The Morgan fingerprint density at radius 1 is 1.08 bits per heavy atom. The van der Waals surface area contributed by atoms with Crippen LogP contribution in [-0.4, -0.2) is 30.8 Å². The molecule has 4 nitrogen and oxygen atoms in total. The van der Waals surface area contributed by atoms with Gasteiger partial charge in [-0.25, -0.2) is 0 Å². The van der Waals surface area contributed by atoms with Crippen molar-refractivity contribution in [2.24, 2.45) is 0 Å². The molecule has 0 atom stereocenters. The molecule has 0 radical (unpaired) electrons. The Labute approximate surface area is 158 Å². The Balaban J connectivity index is 1.36. The van der Waals surface area contributed by atoms with E-state index in [4.69, 9.17) is 4.74 Å². The number of carbonyl (C=O) groups excluding carboxylic acids is 2. The molecule has 1 fully saturated rings. The summed E-state index contributed by atoms with van der Waals surface area (Å²) in [5.74, 6) is 0.219. The quantitative estimate of drug-likeness (QED) is 0.440. The Morgan fingerprint density at radius 3 is 2.42 bits per heavy atom. The van der Waals surface area contributed by atoms with Gasteiger partial charge in [0.05, 0.1) is 5.41 Å². The normalized spacial score (nSPS) is 14.5. The summed E-state index contributed by atoms with van der Waals surface area (Å²) in [5, 5.41) is 2.79. The van der Waals surface area contributed by atoms with E-state index in [2.05, 4.69) is 36.5 Å². The summed E-state index contributed by atoms with van der Waals surface area (Å²) in [6.45, 7) is 2.38. The molecule has 0 spiro atoms. The number of thioether (sulfide) groups is 1. The van der Waals surface area contributed by atoms with E-state index < -0.39 is 5.41 Å². The van der Waals surface area contributed by atoms with Gasteiger partial charge in [0, 0.05) is 17.2 Å². The van der Waals surface area contributed by atoms with Crippen molar-refractivity contribution in [3.05, 3.63) is 65.7 Å². The van der Waals surface area contributed by atoms with Crippen molar-refractivity contribution in [1.29, 1.82) is 0 Å². The largest absolute Gasteiger partial charge is 0.455 e. The second-order valence-corrected chi connectivity index (χ2v) is 7.70. The predicted octanol–water partition coefficient (Wildman–Crippen LogP) is 3.48. The van der Waals surface area contributed by atoms with Crippen LogP contribution >= 0.6 is 11.8 Å². The number of rotatable bonds is 8. The van der Waals surface area contributed by atoms with Gasteiger partial charge in [-0.2, -0.15) is 0 Å². The van der Waals surface area contributed by atoms with Crippen molar-refractivity contribution in [3.8, 4) is 0 Å². The molecule has 1 N–H and O–H groups in total. The van der Waals surface area contributed by atoms with Crippen LogP contribution in [0.3, 0.4) is 0 Å². The second kappa shape index (κ2) is 8.41. The molecule has 0 bridgehead atoms. The minimum Gasteiger partial charge on any atom is -0.455 e. The standard InChI is InChI=1S/C21H23NO3S/c1-16-7-9-18(10-8-16)26-14-13-22-19(23)15-25-20(24)21(11-12-21)17-5-3-2-4-6-17/h2-10H,11-15H2,1H3,(H,22,23). The summed E-state index contributed by atoms with van der Waals surface area (Å²) in [7, 11) is 0. The summed E-state index contributed by atoms with van der Waals surface area (Å²) < 4.78 is 5.26. The van der Waals surface area contributed by atoms with Gasteiger partial charge in [-0.15, -0.1) is 11.8 Å². The monoisotopic (exact) mass is 369 g/mol. The average Bonchev–Trinajstić information content (AvgIpc) is 3.47. The van der Waals surface area contributed by atoms with Crippen molar-refractivity contribution in [3.63, 3.8) is 0 Å². The lowest BCUT2D eigenvalue weighted by molar-refractivity contribution is -0.151. The van der Waals surface area contributed by atoms with E-state index in [9.17, 15) is 9.59 Å². The van der Waals surface area contributed by atoms with Gasteiger partial charge < -0.3 is 10.1 Å². The van der Waals surface area contributed by atoms with Crippen LogP contribution in [0.4, 0.5) is 0 Å². The predicted molar refractivity (Wildman–Crippen MR) is 103 cm³/mol. The molecular formula is C21H23NO3S. The Kier molecular flexibility index (Phi) is 5.99. The topological polar surface area (TPSA) is 55.4 Å². The fraction of sp³-hybridized carbons (Fsp3) is 0.333. The molecule has 0 heterocycles. The average molecular weight is 369 g/mol. The van der Waals surface area contributed by atoms with Crippen LogP contribution in [0.2, 0.25) is 0 Å². The molecule has 0 aliphatic heterocycles. The first-order valence-corrected chi connectivity index (χ1v) is 9.78. The number of hydrogen-bond acceptors (Lipinski definition) is 4. The molecule has 0 saturated heterocycles. The van der Waals surface area contributed by atoms with E-state index in [0.717, 1.165) is 24.2 Å². The Bertz CT molecular complexity index is 755. The van der Waals surface area contributed by atoms with Gasteiger partial charge in [0.15, 0.2) is 6.61 Å². The van der Waals surface area contributed by atoms with Gasteiger partial charge in [0.25, 0.3) is 5.91 Å². The summed E-state index contributed by atoms with van der Waals surface area (Å²) in [6.07, 6.45) is 1.56. The molecule has 136 valence electrons. The third-order valence-corrected chi connectivity index (χ3v) is 5.53. The van der Waals surface area contributed by atoms with E-state index in [1.54, 1.807) is 11.8 Å². The number of esters is 1. The minimum atomic E-state index is -0.539. The molecule has 0 aromatic heterocycles. The Hall–Kier alpha value is -2.27. The highest BCUT2D eigenvalue weighted by Crippen LogP contribution is 2.49.